The average molecular weight is 210 g/mol. The first kappa shape index (κ1) is 11.3. The van der Waals surface area contributed by atoms with Gasteiger partial charge in [-0.25, -0.2) is 4.79 Å². The first-order valence-electron chi connectivity index (χ1n) is 4.51. The number of nitrogens with one attached hydrogen (secondary N) is 1. The highest BCUT2D eigenvalue weighted by Gasteiger charge is 2.11. The maximum absolute atomic E-state index is 10.9. The lowest BCUT2D eigenvalue weighted by atomic mass is 10.1. The van der Waals surface area contributed by atoms with E-state index in [9.17, 15) is 4.79 Å². The van der Waals surface area contributed by atoms with E-state index in [4.69, 9.17) is 15.6 Å². The molecule has 82 valence electrons. The third kappa shape index (κ3) is 2.85. The summed E-state index contributed by atoms with van der Waals surface area (Å²) >= 11 is 0. The highest BCUT2D eigenvalue weighted by molar-refractivity contribution is 5.97. The summed E-state index contributed by atoms with van der Waals surface area (Å²) in [4.78, 5) is 10.9. The van der Waals surface area contributed by atoms with Crippen molar-refractivity contribution in [3.05, 3.63) is 23.8 Å². The van der Waals surface area contributed by atoms with E-state index in [0.717, 1.165) is 0 Å². The lowest BCUT2D eigenvalue weighted by Crippen LogP contribution is -2.13. The number of benzene rings is 1. The van der Waals surface area contributed by atoms with Crippen LogP contribution in [0.2, 0.25) is 0 Å². The van der Waals surface area contributed by atoms with Gasteiger partial charge in [-0.1, -0.05) is 6.07 Å². The minimum absolute atomic E-state index is 0.172. The Morgan fingerprint density at radius 3 is 2.93 bits per heavy atom. The molecule has 0 saturated heterocycles. The van der Waals surface area contributed by atoms with Crippen LogP contribution in [0.25, 0.3) is 0 Å². The van der Waals surface area contributed by atoms with Crippen LogP contribution in [0.4, 0.5) is 11.4 Å². The molecule has 1 aromatic carbocycles. The zero-order valence-corrected chi connectivity index (χ0v) is 8.49. The maximum Gasteiger partial charge on any atom is 0.337 e. The molecular weight excluding hydrogens is 196 g/mol. The van der Waals surface area contributed by atoms with Crippen LogP contribution in [0.15, 0.2) is 18.2 Å². The van der Waals surface area contributed by atoms with E-state index in [1.165, 1.54) is 6.07 Å². The number of nitrogen functional groups attached to an aromatic ring is 1. The third-order valence-corrected chi connectivity index (χ3v) is 1.94. The first-order chi connectivity index (χ1) is 7.16. The molecular formula is C10H14N2O3. The third-order valence-electron chi connectivity index (χ3n) is 1.94. The van der Waals surface area contributed by atoms with Crippen LogP contribution >= 0.6 is 0 Å². The average Bonchev–Trinajstić information content (AvgIpc) is 2.20. The van der Waals surface area contributed by atoms with E-state index in [1.54, 1.807) is 19.2 Å². The van der Waals surface area contributed by atoms with Gasteiger partial charge >= 0.3 is 5.97 Å². The summed E-state index contributed by atoms with van der Waals surface area (Å²) in [7, 11) is 1.58. The number of aromatic carboxylic acids is 1. The fraction of sp³-hybridized carbons (Fsp3) is 0.300. The molecule has 15 heavy (non-hydrogen) atoms. The lowest BCUT2D eigenvalue weighted by molar-refractivity contribution is 0.0698. The normalized spacial score (nSPS) is 9.93. The highest BCUT2D eigenvalue weighted by Crippen LogP contribution is 2.22. The van der Waals surface area contributed by atoms with Crippen molar-refractivity contribution < 1.29 is 14.6 Å². The Labute approximate surface area is 87.9 Å². The number of rotatable bonds is 5. The Morgan fingerprint density at radius 1 is 1.60 bits per heavy atom. The molecule has 5 heteroatoms. The quantitative estimate of drug-likeness (QED) is 0.499. The predicted octanol–water partition coefficient (Wildman–Crippen LogP) is 1.03. The minimum Gasteiger partial charge on any atom is -0.478 e. The maximum atomic E-state index is 10.9. The van der Waals surface area contributed by atoms with Gasteiger partial charge in [0.1, 0.15) is 0 Å². The fourth-order valence-electron chi connectivity index (χ4n) is 1.22. The largest absolute Gasteiger partial charge is 0.478 e. The van der Waals surface area contributed by atoms with Gasteiger partial charge in [-0.3, -0.25) is 0 Å². The molecule has 4 N–H and O–H groups in total. The van der Waals surface area contributed by atoms with Crippen molar-refractivity contribution in [3.8, 4) is 0 Å². The van der Waals surface area contributed by atoms with Crippen molar-refractivity contribution in [1.29, 1.82) is 0 Å². The van der Waals surface area contributed by atoms with Crippen molar-refractivity contribution in [2.75, 3.05) is 31.3 Å². The molecule has 1 aromatic rings. The summed E-state index contributed by atoms with van der Waals surface area (Å²) in [5, 5.41) is 11.9. The summed E-state index contributed by atoms with van der Waals surface area (Å²) in [6.45, 7) is 1.01. The Kier molecular flexibility index (Phi) is 3.93. The molecule has 0 saturated carbocycles. The smallest absolute Gasteiger partial charge is 0.337 e. The second kappa shape index (κ2) is 5.21. The van der Waals surface area contributed by atoms with E-state index in [1.807, 2.05) is 0 Å². The predicted molar refractivity (Wildman–Crippen MR) is 58.2 cm³/mol. The number of carboxylic acids is 1. The second-order valence-electron chi connectivity index (χ2n) is 2.99. The minimum atomic E-state index is -0.998. The van der Waals surface area contributed by atoms with Crippen LogP contribution in [-0.2, 0) is 4.74 Å². The van der Waals surface area contributed by atoms with Crippen molar-refractivity contribution in [2.24, 2.45) is 0 Å². The van der Waals surface area contributed by atoms with E-state index >= 15 is 0 Å². The van der Waals surface area contributed by atoms with Gasteiger partial charge in [-0.2, -0.15) is 0 Å². The van der Waals surface area contributed by atoms with Crippen LogP contribution in [0.5, 0.6) is 0 Å². The molecule has 0 bridgehead atoms. The molecule has 1 rings (SSSR count). The number of methoxy groups -OCH3 is 1. The number of nitrogens with two attached hydrogens (primary N) is 1. The summed E-state index contributed by atoms with van der Waals surface area (Å²) in [6.07, 6.45) is 0. The zero-order valence-electron chi connectivity index (χ0n) is 8.49. The van der Waals surface area contributed by atoms with Crippen molar-refractivity contribution in [1.82, 2.24) is 0 Å². The second-order valence-corrected chi connectivity index (χ2v) is 2.99. The highest BCUT2D eigenvalue weighted by atomic mass is 16.5. The molecule has 5 nitrogen and oxygen atoms in total. The molecule has 0 fully saturated rings. The topological polar surface area (TPSA) is 84.6 Å². The van der Waals surface area contributed by atoms with Gasteiger partial charge in [0.05, 0.1) is 23.5 Å². The van der Waals surface area contributed by atoms with Gasteiger partial charge in [0.15, 0.2) is 0 Å². The molecule has 0 spiro atoms. The summed E-state index contributed by atoms with van der Waals surface area (Å²) < 4.78 is 4.85. The molecule has 0 aliphatic heterocycles. The summed E-state index contributed by atoms with van der Waals surface area (Å²) in [5.41, 5.74) is 6.72. The van der Waals surface area contributed by atoms with Gasteiger partial charge in [-0.05, 0) is 12.1 Å². The molecule has 0 aliphatic carbocycles. The van der Waals surface area contributed by atoms with E-state index in [2.05, 4.69) is 5.32 Å². The van der Waals surface area contributed by atoms with Crippen LogP contribution in [0, 0.1) is 0 Å². The molecule has 0 unspecified atom stereocenters. The van der Waals surface area contributed by atoms with Crippen molar-refractivity contribution in [3.63, 3.8) is 0 Å². The number of carbonyl (C=O) groups is 1. The number of carboxylic acid groups (broad SMARTS) is 1. The van der Waals surface area contributed by atoms with Crippen LogP contribution < -0.4 is 11.1 Å². The Morgan fingerprint density at radius 2 is 2.33 bits per heavy atom. The number of hydrogen-bond donors (Lipinski definition) is 3. The van der Waals surface area contributed by atoms with Crippen molar-refractivity contribution in [2.45, 2.75) is 0 Å². The summed E-state index contributed by atoms with van der Waals surface area (Å²) in [5.74, 6) is -0.998. The zero-order chi connectivity index (χ0) is 11.3. The molecule has 0 atom stereocenters. The number of para-hydroxylation sites is 1. The molecule has 0 amide bonds. The van der Waals surface area contributed by atoms with Gasteiger partial charge in [-0.15, -0.1) is 0 Å². The van der Waals surface area contributed by atoms with E-state index in [0.29, 0.717) is 24.5 Å². The molecule has 0 aliphatic rings. The lowest BCUT2D eigenvalue weighted by Gasteiger charge is -2.11. The Balaban J connectivity index is 2.87. The Hall–Kier alpha value is -1.75. The standard InChI is InChI=1S/C10H14N2O3/c1-15-6-5-12-9-7(10(13)14)3-2-4-8(9)11/h2-4,12H,5-6,11H2,1H3,(H,13,14). The number of hydrogen-bond acceptors (Lipinski definition) is 4. The Bertz CT molecular complexity index is 353. The molecule has 0 aromatic heterocycles. The summed E-state index contributed by atoms with van der Waals surface area (Å²) in [6, 6.07) is 4.77. The number of ether oxygens (including phenoxy) is 1. The van der Waals surface area contributed by atoms with Crippen molar-refractivity contribution >= 4 is 17.3 Å². The monoisotopic (exact) mass is 210 g/mol. The van der Waals surface area contributed by atoms with Gasteiger partial charge in [0.2, 0.25) is 0 Å². The molecule has 0 heterocycles. The van der Waals surface area contributed by atoms with E-state index < -0.39 is 5.97 Å². The van der Waals surface area contributed by atoms with Crippen LogP contribution in [0.3, 0.4) is 0 Å². The number of anilines is 2. The fourth-order valence-corrected chi connectivity index (χ4v) is 1.22. The molecule has 0 radical (unpaired) electrons. The van der Waals surface area contributed by atoms with Gasteiger partial charge in [0.25, 0.3) is 0 Å². The van der Waals surface area contributed by atoms with Crippen LogP contribution in [-0.4, -0.2) is 31.3 Å². The van der Waals surface area contributed by atoms with Gasteiger partial charge in [0, 0.05) is 13.7 Å². The van der Waals surface area contributed by atoms with E-state index in [-0.39, 0.29) is 5.56 Å². The first-order valence-corrected chi connectivity index (χ1v) is 4.51. The SMILES string of the molecule is COCCNc1c(N)cccc1C(=O)O. The van der Waals surface area contributed by atoms with Gasteiger partial charge < -0.3 is 20.9 Å². The van der Waals surface area contributed by atoms with Crippen LogP contribution in [0.1, 0.15) is 10.4 Å².